The van der Waals surface area contributed by atoms with Crippen molar-refractivity contribution in [3.63, 3.8) is 0 Å². The summed E-state index contributed by atoms with van der Waals surface area (Å²) in [4.78, 5) is 0. The molecule has 0 heterocycles. The molecule has 0 saturated heterocycles. The van der Waals surface area contributed by atoms with Crippen LogP contribution in [0.1, 0.15) is 43.7 Å². The predicted octanol–water partition coefficient (Wildman–Crippen LogP) is 3.54. The highest BCUT2D eigenvalue weighted by atomic mass is 16.5. The molecule has 0 spiro atoms. The Hall–Kier alpha value is -1.02. The standard InChI is InChI=1S/C15H23NO/c1-16-15(12-6-4-3-5-7-12)13-8-10-14(17-2)11-9-13/h8-12,15-16H,3-7H2,1-2H3. The molecule has 1 unspecified atom stereocenters. The molecule has 1 atom stereocenters. The van der Waals surface area contributed by atoms with Crippen molar-refractivity contribution in [1.82, 2.24) is 5.32 Å². The lowest BCUT2D eigenvalue weighted by atomic mass is 9.81. The number of methoxy groups -OCH3 is 1. The minimum absolute atomic E-state index is 0.501. The van der Waals surface area contributed by atoms with Crippen LogP contribution in [0.25, 0.3) is 0 Å². The van der Waals surface area contributed by atoms with E-state index in [1.54, 1.807) is 7.11 Å². The molecule has 1 aromatic carbocycles. The molecule has 2 rings (SSSR count). The van der Waals surface area contributed by atoms with Gasteiger partial charge in [0.2, 0.25) is 0 Å². The highest BCUT2D eigenvalue weighted by Gasteiger charge is 2.23. The molecule has 0 aromatic heterocycles. The number of rotatable bonds is 4. The van der Waals surface area contributed by atoms with E-state index >= 15 is 0 Å². The lowest BCUT2D eigenvalue weighted by Crippen LogP contribution is -2.26. The van der Waals surface area contributed by atoms with E-state index in [2.05, 4.69) is 36.6 Å². The third-order valence-electron chi connectivity index (χ3n) is 3.91. The Morgan fingerprint density at radius 1 is 1.12 bits per heavy atom. The van der Waals surface area contributed by atoms with Crippen molar-refractivity contribution >= 4 is 0 Å². The fraction of sp³-hybridized carbons (Fsp3) is 0.600. The van der Waals surface area contributed by atoms with Gasteiger partial charge in [-0.05, 0) is 43.5 Å². The monoisotopic (exact) mass is 233 g/mol. The minimum Gasteiger partial charge on any atom is -0.497 e. The van der Waals surface area contributed by atoms with Gasteiger partial charge in [0.25, 0.3) is 0 Å². The summed E-state index contributed by atoms with van der Waals surface area (Å²) in [6.45, 7) is 0. The van der Waals surface area contributed by atoms with Crippen LogP contribution in [0.5, 0.6) is 5.75 Å². The van der Waals surface area contributed by atoms with Gasteiger partial charge in [-0.2, -0.15) is 0 Å². The Morgan fingerprint density at radius 3 is 2.29 bits per heavy atom. The Labute approximate surface area is 104 Å². The van der Waals surface area contributed by atoms with E-state index < -0.39 is 0 Å². The van der Waals surface area contributed by atoms with Crippen molar-refractivity contribution in [3.05, 3.63) is 29.8 Å². The molecule has 0 aliphatic heterocycles. The van der Waals surface area contributed by atoms with Crippen LogP contribution in [0.3, 0.4) is 0 Å². The first-order valence-electron chi connectivity index (χ1n) is 6.66. The van der Waals surface area contributed by atoms with Crippen molar-refractivity contribution in [1.29, 1.82) is 0 Å². The summed E-state index contributed by atoms with van der Waals surface area (Å²) >= 11 is 0. The highest BCUT2D eigenvalue weighted by molar-refractivity contribution is 5.29. The molecule has 1 N–H and O–H groups in total. The van der Waals surface area contributed by atoms with E-state index in [1.807, 2.05) is 0 Å². The first-order valence-corrected chi connectivity index (χ1v) is 6.66. The van der Waals surface area contributed by atoms with E-state index in [1.165, 1.54) is 37.7 Å². The van der Waals surface area contributed by atoms with Gasteiger partial charge in [-0.1, -0.05) is 31.4 Å². The molecule has 17 heavy (non-hydrogen) atoms. The SMILES string of the molecule is CNC(c1ccc(OC)cc1)C1CCCCC1. The zero-order chi connectivity index (χ0) is 12.1. The summed E-state index contributed by atoms with van der Waals surface area (Å²) in [6.07, 6.45) is 6.91. The molecular formula is C15H23NO. The molecule has 2 nitrogen and oxygen atoms in total. The molecule has 0 amide bonds. The Kier molecular flexibility index (Phi) is 4.43. The van der Waals surface area contributed by atoms with Crippen LogP contribution in [0.4, 0.5) is 0 Å². The van der Waals surface area contributed by atoms with Crippen molar-refractivity contribution in [2.24, 2.45) is 5.92 Å². The normalized spacial score (nSPS) is 18.9. The first-order chi connectivity index (χ1) is 8.35. The molecule has 0 radical (unpaired) electrons. The predicted molar refractivity (Wildman–Crippen MR) is 71.4 cm³/mol. The largest absolute Gasteiger partial charge is 0.497 e. The smallest absolute Gasteiger partial charge is 0.118 e. The lowest BCUT2D eigenvalue weighted by Gasteiger charge is -2.30. The third kappa shape index (κ3) is 3.01. The molecule has 1 aliphatic rings. The summed E-state index contributed by atoms with van der Waals surface area (Å²) in [6, 6.07) is 9.00. The fourth-order valence-electron chi connectivity index (χ4n) is 2.95. The van der Waals surface area contributed by atoms with Gasteiger partial charge in [0, 0.05) is 6.04 Å². The van der Waals surface area contributed by atoms with Crippen LogP contribution in [0, 0.1) is 5.92 Å². The van der Waals surface area contributed by atoms with E-state index in [9.17, 15) is 0 Å². The highest BCUT2D eigenvalue weighted by Crippen LogP contribution is 2.34. The van der Waals surface area contributed by atoms with Crippen molar-refractivity contribution in [3.8, 4) is 5.75 Å². The maximum atomic E-state index is 5.21. The van der Waals surface area contributed by atoms with Gasteiger partial charge in [-0.15, -0.1) is 0 Å². The van der Waals surface area contributed by atoms with Gasteiger partial charge < -0.3 is 10.1 Å². The average Bonchev–Trinajstić information content (AvgIpc) is 2.42. The van der Waals surface area contributed by atoms with E-state index in [0.717, 1.165) is 11.7 Å². The number of nitrogens with one attached hydrogen (secondary N) is 1. The van der Waals surface area contributed by atoms with Crippen molar-refractivity contribution < 1.29 is 4.74 Å². The molecular weight excluding hydrogens is 210 g/mol. The zero-order valence-corrected chi connectivity index (χ0v) is 10.9. The first kappa shape index (κ1) is 12.4. The number of benzene rings is 1. The topological polar surface area (TPSA) is 21.3 Å². The van der Waals surface area contributed by atoms with Crippen LogP contribution < -0.4 is 10.1 Å². The maximum absolute atomic E-state index is 5.21. The van der Waals surface area contributed by atoms with Crippen LogP contribution >= 0.6 is 0 Å². The second-order valence-electron chi connectivity index (χ2n) is 4.94. The third-order valence-corrected chi connectivity index (χ3v) is 3.91. The minimum atomic E-state index is 0.501. The van der Waals surface area contributed by atoms with Gasteiger partial charge >= 0.3 is 0 Å². The summed E-state index contributed by atoms with van der Waals surface area (Å²) in [5, 5.41) is 3.48. The number of hydrogen-bond acceptors (Lipinski definition) is 2. The Balaban J connectivity index is 2.10. The molecule has 2 heteroatoms. The van der Waals surface area contributed by atoms with E-state index in [-0.39, 0.29) is 0 Å². The number of hydrogen-bond donors (Lipinski definition) is 1. The van der Waals surface area contributed by atoms with Gasteiger partial charge in [0.05, 0.1) is 7.11 Å². The van der Waals surface area contributed by atoms with Crippen LogP contribution in [-0.4, -0.2) is 14.2 Å². The zero-order valence-electron chi connectivity index (χ0n) is 10.9. The van der Waals surface area contributed by atoms with E-state index in [0.29, 0.717) is 6.04 Å². The summed E-state index contributed by atoms with van der Waals surface area (Å²) in [5.41, 5.74) is 1.39. The Morgan fingerprint density at radius 2 is 1.76 bits per heavy atom. The van der Waals surface area contributed by atoms with E-state index in [4.69, 9.17) is 4.74 Å². The van der Waals surface area contributed by atoms with Crippen LogP contribution in [0.2, 0.25) is 0 Å². The second-order valence-corrected chi connectivity index (χ2v) is 4.94. The molecule has 1 aromatic rings. The average molecular weight is 233 g/mol. The molecule has 1 fully saturated rings. The molecule has 1 saturated carbocycles. The maximum Gasteiger partial charge on any atom is 0.118 e. The van der Waals surface area contributed by atoms with Crippen molar-refractivity contribution in [2.45, 2.75) is 38.1 Å². The summed E-state index contributed by atoms with van der Waals surface area (Å²) < 4.78 is 5.21. The van der Waals surface area contributed by atoms with Gasteiger partial charge in [0.1, 0.15) is 5.75 Å². The fourth-order valence-corrected chi connectivity index (χ4v) is 2.95. The second kappa shape index (κ2) is 6.06. The number of ether oxygens (including phenoxy) is 1. The Bertz CT molecular complexity index is 327. The van der Waals surface area contributed by atoms with Gasteiger partial charge in [-0.25, -0.2) is 0 Å². The van der Waals surface area contributed by atoms with Crippen LogP contribution in [-0.2, 0) is 0 Å². The van der Waals surface area contributed by atoms with Gasteiger partial charge in [0.15, 0.2) is 0 Å². The molecule has 0 bridgehead atoms. The van der Waals surface area contributed by atoms with Gasteiger partial charge in [-0.3, -0.25) is 0 Å². The summed E-state index contributed by atoms with van der Waals surface area (Å²) in [7, 11) is 3.79. The quantitative estimate of drug-likeness (QED) is 0.859. The van der Waals surface area contributed by atoms with Crippen LogP contribution in [0.15, 0.2) is 24.3 Å². The summed E-state index contributed by atoms with van der Waals surface area (Å²) in [5.74, 6) is 1.73. The molecule has 1 aliphatic carbocycles. The lowest BCUT2D eigenvalue weighted by molar-refractivity contribution is 0.281. The van der Waals surface area contributed by atoms with Crippen molar-refractivity contribution in [2.75, 3.05) is 14.2 Å². The molecule has 94 valence electrons.